The second kappa shape index (κ2) is 8.32. The van der Waals surface area contributed by atoms with Crippen LogP contribution in [-0.2, 0) is 4.74 Å². The van der Waals surface area contributed by atoms with E-state index in [1.54, 1.807) is 0 Å². The fourth-order valence-corrected chi connectivity index (χ4v) is 5.12. The molecule has 0 N–H and O–H groups in total. The topological polar surface area (TPSA) is 9.23 Å². The standard InChI is InChI=1S/C24H50O/c1-17(2)15-19(21(5,6)7)23(11,12)25-24(13,14)20(16-18(3)4)22(8,9)10/h17-20H,15-16H2,1-14H3. The van der Waals surface area contributed by atoms with Gasteiger partial charge in [0.05, 0.1) is 11.2 Å². The summed E-state index contributed by atoms with van der Waals surface area (Å²) in [4.78, 5) is 0. The van der Waals surface area contributed by atoms with Crippen LogP contribution in [0.1, 0.15) is 110 Å². The highest BCUT2D eigenvalue weighted by molar-refractivity contribution is 4.95. The van der Waals surface area contributed by atoms with E-state index in [2.05, 4.69) is 96.9 Å². The minimum absolute atomic E-state index is 0.146. The number of rotatable bonds is 8. The predicted molar refractivity (Wildman–Crippen MR) is 114 cm³/mol. The summed E-state index contributed by atoms with van der Waals surface area (Å²) in [5, 5.41) is 0. The van der Waals surface area contributed by atoms with Gasteiger partial charge in [0.25, 0.3) is 0 Å². The normalized spacial score (nSPS) is 17.3. The Kier molecular flexibility index (Phi) is 8.31. The molecule has 0 aromatic heterocycles. The fraction of sp³-hybridized carbons (Fsp3) is 1.00. The van der Waals surface area contributed by atoms with Crippen LogP contribution in [0.4, 0.5) is 0 Å². The maximum Gasteiger partial charge on any atom is 0.0667 e. The molecule has 2 unspecified atom stereocenters. The monoisotopic (exact) mass is 354 g/mol. The van der Waals surface area contributed by atoms with Crippen molar-refractivity contribution in [3.63, 3.8) is 0 Å². The maximum atomic E-state index is 7.00. The van der Waals surface area contributed by atoms with Gasteiger partial charge in [-0.1, -0.05) is 69.2 Å². The molecule has 0 aromatic rings. The summed E-state index contributed by atoms with van der Waals surface area (Å²) in [6.07, 6.45) is 2.41. The third-order valence-corrected chi connectivity index (χ3v) is 5.71. The van der Waals surface area contributed by atoms with Gasteiger partial charge in [-0.2, -0.15) is 0 Å². The molecule has 0 amide bonds. The molecule has 0 radical (unpaired) electrons. The smallest absolute Gasteiger partial charge is 0.0667 e. The third kappa shape index (κ3) is 8.02. The van der Waals surface area contributed by atoms with E-state index >= 15 is 0 Å². The Hall–Kier alpha value is -0.0400. The van der Waals surface area contributed by atoms with E-state index in [0.717, 1.165) is 0 Å². The predicted octanol–water partition coefficient (Wildman–Crippen LogP) is 7.98. The molecule has 0 saturated carbocycles. The number of hydrogen-bond acceptors (Lipinski definition) is 1. The average Bonchev–Trinajstić information content (AvgIpc) is 2.28. The molecule has 0 aromatic carbocycles. The molecule has 0 aliphatic heterocycles. The second-order valence-electron chi connectivity index (χ2n) is 12.4. The second-order valence-corrected chi connectivity index (χ2v) is 12.4. The molecular weight excluding hydrogens is 304 g/mol. The molecule has 0 aliphatic rings. The van der Waals surface area contributed by atoms with Crippen LogP contribution in [0.25, 0.3) is 0 Å². The highest BCUT2D eigenvalue weighted by Gasteiger charge is 2.46. The Balaban J connectivity index is 5.70. The van der Waals surface area contributed by atoms with Gasteiger partial charge < -0.3 is 4.74 Å². The molecule has 0 heterocycles. The summed E-state index contributed by atoms with van der Waals surface area (Å²) in [6, 6.07) is 0. The first-order valence-corrected chi connectivity index (χ1v) is 10.5. The van der Waals surface area contributed by atoms with Crippen molar-refractivity contribution in [3.8, 4) is 0 Å². The lowest BCUT2D eigenvalue weighted by Crippen LogP contribution is -2.52. The van der Waals surface area contributed by atoms with Crippen molar-refractivity contribution in [3.05, 3.63) is 0 Å². The molecule has 1 heteroatoms. The number of ether oxygens (including phenoxy) is 1. The van der Waals surface area contributed by atoms with Crippen LogP contribution in [0.15, 0.2) is 0 Å². The summed E-state index contributed by atoms with van der Waals surface area (Å²) in [6.45, 7) is 32.8. The van der Waals surface area contributed by atoms with Gasteiger partial charge in [0.1, 0.15) is 0 Å². The van der Waals surface area contributed by atoms with Crippen molar-refractivity contribution in [2.24, 2.45) is 34.5 Å². The van der Waals surface area contributed by atoms with Crippen LogP contribution in [0, 0.1) is 34.5 Å². The van der Waals surface area contributed by atoms with E-state index in [0.29, 0.717) is 23.7 Å². The molecule has 0 aliphatic carbocycles. The zero-order chi connectivity index (χ0) is 20.4. The van der Waals surface area contributed by atoms with Gasteiger partial charge in [0.15, 0.2) is 0 Å². The molecule has 1 nitrogen and oxygen atoms in total. The van der Waals surface area contributed by atoms with E-state index in [-0.39, 0.29) is 22.0 Å². The van der Waals surface area contributed by atoms with Crippen LogP contribution in [0.2, 0.25) is 0 Å². The lowest BCUT2D eigenvalue weighted by molar-refractivity contribution is -0.206. The van der Waals surface area contributed by atoms with Gasteiger partial charge in [-0.3, -0.25) is 0 Å². The van der Waals surface area contributed by atoms with Gasteiger partial charge in [0, 0.05) is 0 Å². The van der Waals surface area contributed by atoms with Crippen molar-refractivity contribution in [2.45, 2.75) is 121 Å². The van der Waals surface area contributed by atoms with Gasteiger partial charge in [0.2, 0.25) is 0 Å². The summed E-state index contributed by atoms with van der Waals surface area (Å²) >= 11 is 0. The van der Waals surface area contributed by atoms with Gasteiger partial charge in [-0.15, -0.1) is 0 Å². The molecule has 0 saturated heterocycles. The summed E-state index contributed by atoms with van der Waals surface area (Å²) in [7, 11) is 0. The average molecular weight is 355 g/mol. The largest absolute Gasteiger partial charge is 0.369 e. The van der Waals surface area contributed by atoms with Gasteiger partial charge >= 0.3 is 0 Å². The Morgan fingerprint density at radius 2 is 0.760 bits per heavy atom. The van der Waals surface area contributed by atoms with Crippen LogP contribution < -0.4 is 0 Å². The van der Waals surface area contributed by atoms with Crippen LogP contribution >= 0.6 is 0 Å². The molecule has 25 heavy (non-hydrogen) atoms. The van der Waals surface area contributed by atoms with E-state index in [1.807, 2.05) is 0 Å². The van der Waals surface area contributed by atoms with E-state index in [4.69, 9.17) is 4.74 Å². The molecular formula is C24H50O. The highest BCUT2D eigenvalue weighted by Crippen LogP contribution is 2.47. The van der Waals surface area contributed by atoms with E-state index < -0.39 is 0 Å². The van der Waals surface area contributed by atoms with Crippen LogP contribution in [0.5, 0.6) is 0 Å². The summed E-state index contributed by atoms with van der Waals surface area (Å²) in [5.41, 5.74) is 0.178. The van der Waals surface area contributed by atoms with E-state index in [9.17, 15) is 0 Å². The third-order valence-electron chi connectivity index (χ3n) is 5.71. The zero-order valence-electron chi connectivity index (χ0n) is 20.1. The molecule has 152 valence electrons. The Morgan fingerprint density at radius 1 is 0.520 bits per heavy atom. The van der Waals surface area contributed by atoms with Crippen molar-refractivity contribution >= 4 is 0 Å². The van der Waals surface area contributed by atoms with E-state index in [1.165, 1.54) is 12.8 Å². The van der Waals surface area contributed by atoms with Crippen LogP contribution in [0.3, 0.4) is 0 Å². The molecule has 0 fully saturated rings. The maximum absolute atomic E-state index is 7.00. The van der Waals surface area contributed by atoms with Crippen LogP contribution in [-0.4, -0.2) is 11.2 Å². The Labute approximate surface area is 160 Å². The summed E-state index contributed by atoms with van der Waals surface area (Å²) < 4.78 is 7.00. The Morgan fingerprint density at radius 3 is 0.920 bits per heavy atom. The minimum Gasteiger partial charge on any atom is -0.369 e. The summed E-state index contributed by atoms with van der Waals surface area (Å²) in [5.74, 6) is 2.42. The fourth-order valence-electron chi connectivity index (χ4n) is 5.12. The SMILES string of the molecule is CC(C)CC(C(C)(C)C)C(C)(C)OC(C)(C)C(CC(C)C)C(C)(C)C. The molecule has 0 spiro atoms. The first-order chi connectivity index (χ1) is 10.8. The lowest BCUT2D eigenvalue weighted by Gasteiger charge is -2.51. The molecule has 0 bridgehead atoms. The quantitative estimate of drug-likeness (QED) is 0.429. The van der Waals surface area contributed by atoms with Gasteiger partial charge in [-0.05, 0) is 75.0 Å². The van der Waals surface area contributed by atoms with Crippen molar-refractivity contribution < 1.29 is 4.74 Å². The van der Waals surface area contributed by atoms with Crippen molar-refractivity contribution in [1.82, 2.24) is 0 Å². The van der Waals surface area contributed by atoms with Gasteiger partial charge in [-0.25, -0.2) is 0 Å². The highest BCUT2D eigenvalue weighted by atomic mass is 16.5. The van der Waals surface area contributed by atoms with Crippen molar-refractivity contribution in [2.75, 3.05) is 0 Å². The molecule has 0 rings (SSSR count). The molecule has 2 atom stereocenters. The first kappa shape index (κ1) is 25.0. The zero-order valence-corrected chi connectivity index (χ0v) is 20.1. The first-order valence-electron chi connectivity index (χ1n) is 10.5. The minimum atomic E-state index is -0.146. The number of hydrogen-bond donors (Lipinski definition) is 0. The van der Waals surface area contributed by atoms with Crippen molar-refractivity contribution in [1.29, 1.82) is 0 Å². The Bertz CT molecular complexity index is 349. The lowest BCUT2D eigenvalue weighted by atomic mass is 9.66.